The largest absolute Gasteiger partial charge is 0.497 e. The molecule has 3 rings (SSSR count). The van der Waals surface area contributed by atoms with Gasteiger partial charge in [0.05, 0.1) is 13.5 Å². The Bertz CT molecular complexity index is 644. The number of nitrogens with one attached hydrogen (secondary N) is 1. The van der Waals surface area contributed by atoms with E-state index in [1.165, 1.54) is 18.5 Å². The molecule has 0 unspecified atom stereocenters. The first kappa shape index (κ1) is 15.4. The van der Waals surface area contributed by atoms with E-state index in [0.717, 1.165) is 30.1 Å². The van der Waals surface area contributed by atoms with Crippen LogP contribution in [0, 0.1) is 0 Å². The predicted octanol–water partition coefficient (Wildman–Crippen LogP) is 3.48. The fourth-order valence-electron chi connectivity index (χ4n) is 2.86. The van der Waals surface area contributed by atoms with Crippen LogP contribution in [0.1, 0.15) is 18.4 Å². The highest BCUT2D eigenvalue weighted by atomic mass is 16.5. The molecule has 0 radical (unpaired) electrons. The van der Waals surface area contributed by atoms with E-state index in [4.69, 9.17) is 4.74 Å². The van der Waals surface area contributed by atoms with E-state index in [1.54, 1.807) is 7.11 Å². The molecule has 4 heteroatoms. The Morgan fingerprint density at radius 2 is 1.70 bits per heavy atom. The number of carbonyl (C=O) groups excluding carboxylic acids is 1. The molecule has 1 fully saturated rings. The van der Waals surface area contributed by atoms with Gasteiger partial charge in [0.2, 0.25) is 5.91 Å². The first-order valence-corrected chi connectivity index (χ1v) is 8.02. The molecule has 0 saturated carbocycles. The molecule has 1 saturated heterocycles. The molecule has 0 atom stereocenters. The summed E-state index contributed by atoms with van der Waals surface area (Å²) in [4.78, 5) is 14.5. The molecule has 120 valence electrons. The van der Waals surface area contributed by atoms with Crippen molar-refractivity contribution in [3.05, 3.63) is 54.1 Å². The highest BCUT2D eigenvalue weighted by molar-refractivity contribution is 5.92. The number of ether oxygens (including phenoxy) is 1. The molecule has 23 heavy (non-hydrogen) atoms. The molecule has 1 amide bonds. The number of anilines is 2. The van der Waals surface area contributed by atoms with Crippen molar-refractivity contribution in [2.24, 2.45) is 0 Å². The van der Waals surface area contributed by atoms with Crippen molar-refractivity contribution >= 4 is 17.3 Å². The van der Waals surface area contributed by atoms with Crippen molar-refractivity contribution < 1.29 is 9.53 Å². The molecule has 2 aromatic carbocycles. The summed E-state index contributed by atoms with van der Waals surface area (Å²) in [5.74, 6) is 0.788. The van der Waals surface area contributed by atoms with E-state index in [1.807, 2.05) is 36.4 Å². The Kier molecular flexibility index (Phi) is 4.81. The van der Waals surface area contributed by atoms with Gasteiger partial charge in [-0.3, -0.25) is 4.79 Å². The van der Waals surface area contributed by atoms with Crippen molar-refractivity contribution in [1.82, 2.24) is 0 Å². The molecule has 0 spiro atoms. The molecule has 0 aliphatic carbocycles. The summed E-state index contributed by atoms with van der Waals surface area (Å²) in [6.07, 6.45) is 2.89. The Labute approximate surface area is 137 Å². The van der Waals surface area contributed by atoms with Crippen molar-refractivity contribution in [3.8, 4) is 5.75 Å². The number of rotatable bonds is 5. The van der Waals surface area contributed by atoms with Gasteiger partial charge in [0, 0.05) is 24.5 Å². The lowest BCUT2D eigenvalue weighted by Crippen LogP contribution is -2.18. The molecule has 1 aliphatic rings. The van der Waals surface area contributed by atoms with Crippen LogP contribution in [0.25, 0.3) is 0 Å². The van der Waals surface area contributed by atoms with Crippen LogP contribution in [0.5, 0.6) is 5.75 Å². The molecule has 0 aromatic heterocycles. The quantitative estimate of drug-likeness (QED) is 0.919. The Balaban J connectivity index is 1.56. The number of carbonyl (C=O) groups is 1. The molecular weight excluding hydrogens is 288 g/mol. The van der Waals surface area contributed by atoms with Gasteiger partial charge >= 0.3 is 0 Å². The normalized spacial score (nSPS) is 13.9. The smallest absolute Gasteiger partial charge is 0.228 e. The average Bonchev–Trinajstić information content (AvgIpc) is 3.11. The van der Waals surface area contributed by atoms with Gasteiger partial charge in [0.25, 0.3) is 0 Å². The predicted molar refractivity (Wildman–Crippen MR) is 93.2 cm³/mol. The summed E-state index contributed by atoms with van der Waals surface area (Å²) in [7, 11) is 1.63. The number of methoxy groups -OCH3 is 1. The highest BCUT2D eigenvalue weighted by Gasteiger charge is 2.12. The molecule has 1 aliphatic heterocycles. The highest BCUT2D eigenvalue weighted by Crippen LogP contribution is 2.22. The third-order valence-corrected chi connectivity index (χ3v) is 4.15. The second-order valence-electron chi connectivity index (χ2n) is 5.81. The number of benzene rings is 2. The Hall–Kier alpha value is -2.49. The first-order chi connectivity index (χ1) is 11.2. The van der Waals surface area contributed by atoms with Crippen LogP contribution < -0.4 is 15.0 Å². The maximum atomic E-state index is 12.1. The first-order valence-electron chi connectivity index (χ1n) is 8.02. The van der Waals surface area contributed by atoms with Crippen LogP contribution in [0.4, 0.5) is 11.4 Å². The maximum absolute atomic E-state index is 12.1. The second kappa shape index (κ2) is 7.18. The van der Waals surface area contributed by atoms with Crippen LogP contribution in [0.3, 0.4) is 0 Å². The zero-order chi connectivity index (χ0) is 16.1. The summed E-state index contributed by atoms with van der Waals surface area (Å²) in [5, 5.41) is 2.95. The number of amides is 1. The van der Waals surface area contributed by atoms with Gasteiger partial charge in [-0.05, 0) is 54.8 Å². The van der Waals surface area contributed by atoms with Gasteiger partial charge in [0.1, 0.15) is 5.75 Å². The summed E-state index contributed by atoms with van der Waals surface area (Å²) in [6.45, 7) is 2.26. The van der Waals surface area contributed by atoms with Crippen molar-refractivity contribution in [2.45, 2.75) is 19.3 Å². The van der Waals surface area contributed by atoms with Crippen LogP contribution >= 0.6 is 0 Å². The van der Waals surface area contributed by atoms with Crippen LogP contribution in [-0.4, -0.2) is 26.1 Å². The fourth-order valence-corrected chi connectivity index (χ4v) is 2.86. The summed E-state index contributed by atoms with van der Waals surface area (Å²) < 4.78 is 5.12. The van der Waals surface area contributed by atoms with E-state index in [2.05, 4.69) is 22.3 Å². The molecule has 1 heterocycles. The fraction of sp³-hybridized carbons (Fsp3) is 0.316. The van der Waals surface area contributed by atoms with Gasteiger partial charge in [0.15, 0.2) is 0 Å². The number of hydrogen-bond donors (Lipinski definition) is 1. The molecule has 4 nitrogen and oxygen atoms in total. The van der Waals surface area contributed by atoms with Gasteiger partial charge in [-0.15, -0.1) is 0 Å². The van der Waals surface area contributed by atoms with Gasteiger partial charge in [-0.2, -0.15) is 0 Å². The van der Waals surface area contributed by atoms with Crippen molar-refractivity contribution in [3.63, 3.8) is 0 Å². The lowest BCUT2D eigenvalue weighted by atomic mass is 10.1. The minimum absolute atomic E-state index is 0.0101. The summed E-state index contributed by atoms with van der Waals surface area (Å²) >= 11 is 0. The summed E-state index contributed by atoms with van der Waals surface area (Å²) in [6, 6.07) is 15.7. The zero-order valence-corrected chi connectivity index (χ0v) is 13.4. The lowest BCUT2D eigenvalue weighted by Gasteiger charge is -2.17. The van der Waals surface area contributed by atoms with E-state index < -0.39 is 0 Å². The second-order valence-corrected chi connectivity index (χ2v) is 5.81. The van der Waals surface area contributed by atoms with E-state index >= 15 is 0 Å². The molecule has 2 aromatic rings. The maximum Gasteiger partial charge on any atom is 0.228 e. The average molecular weight is 310 g/mol. The SMILES string of the molecule is COc1ccc(CC(=O)Nc2ccc(N3CCCC3)cc2)cc1. The third-order valence-electron chi connectivity index (χ3n) is 4.15. The standard InChI is InChI=1S/C19H22N2O2/c1-23-18-10-4-15(5-11-18)14-19(22)20-16-6-8-17(9-7-16)21-12-2-3-13-21/h4-11H,2-3,12-14H2,1H3,(H,20,22). The van der Waals surface area contributed by atoms with Crippen molar-refractivity contribution in [1.29, 1.82) is 0 Å². The number of nitrogens with zero attached hydrogens (tertiary/aromatic N) is 1. The zero-order valence-electron chi connectivity index (χ0n) is 13.4. The van der Waals surface area contributed by atoms with Crippen molar-refractivity contribution in [2.75, 3.05) is 30.4 Å². The van der Waals surface area contributed by atoms with E-state index in [9.17, 15) is 4.79 Å². The minimum Gasteiger partial charge on any atom is -0.497 e. The van der Waals surface area contributed by atoms with Gasteiger partial charge < -0.3 is 15.0 Å². The topological polar surface area (TPSA) is 41.6 Å². The Morgan fingerprint density at radius 1 is 1.04 bits per heavy atom. The lowest BCUT2D eigenvalue weighted by molar-refractivity contribution is -0.115. The van der Waals surface area contributed by atoms with E-state index in [0.29, 0.717) is 6.42 Å². The molecule has 1 N–H and O–H groups in total. The molecule has 0 bridgehead atoms. The number of hydrogen-bond acceptors (Lipinski definition) is 3. The van der Waals surface area contributed by atoms with Gasteiger partial charge in [-0.25, -0.2) is 0 Å². The Morgan fingerprint density at radius 3 is 2.30 bits per heavy atom. The van der Waals surface area contributed by atoms with Crippen LogP contribution in [-0.2, 0) is 11.2 Å². The summed E-state index contributed by atoms with van der Waals surface area (Å²) in [5.41, 5.74) is 3.04. The van der Waals surface area contributed by atoms with E-state index in [-0.39, 0.29) is 5.91 Å². The molecular formula is C19H22N2O2. The monoisotopic (exact) mass is 310 g/mol. The van der Waals surface area contributed by atoms with Crippen LogP contribution in [0.2, 0.25) is 0 Å². The van der Waals surface area contributed by atoms with Crippen LogP contribution in [0.15, 0.2) is 48.5 Å². The van der Waals surface area contributed by atoms with Gasteiger partial charge in [-0.1, -0.05) is 12.1 Å². The minimum atomic E-state index is -0.0101. The third kappa shape index (κ3) is 4.03.